The first-order valence-electron chi connectivity index (χ1n) is 8.65. The van der Waals surface area contributed by atoms with Gasteiger partial charge in [0.15, 0.2) is 0 Å². The average molecular weight is 373 g/mol. The number of fused-ring (bicyclic) bond motifs is 1. The zero-order chi connectivity index (χ0) is 18.7. The number of aryl methyl sites for hydroxylation is 3. The van der Waals surface area contributed by atoms with Crippen molar-refractivity contribution in [2.24, 2.45) is 0 Å². The predicted octanol–water partition coefficient (Wildman–Crippen LogP) is 3.29. The fraction of sp³-hybridized carbons (Fsp3) is 0.421. The second-order valence-electron chi connectivity index (χ2n) is 6.55. The van der Waals surface area contributed by atoms with Gasteiger partial charge in [-0.2, -0.15) is 0 Å². The van der Waals surface area contributed by atoms with E-state index in [1.165, 1.54) is 0 Å². The Labute approximate surface area is 157 Å². The third-order valence-electron chi connectivity index (χ3n) is 4.56. The molecule has 2 N–H and O–H groups in total. The molecule has 0 saturated heterocycles. The third kappa shape index (κ3) is 4.27. The van der Waals surface area contributed by atoms with Gasteiger partial charge in [0.1, 0.15) is 5.76 Å². The van der Waals surface area contributed by atoms with Crippen molar-refractivity contribution < 1.29 is 14.1 Å². The van der Waals surface area contributed by atoms with Crippen molar-refractivity contribution in [1.82, 2.24) is 10.5 Å². The van der Waals surface area contributed by atoms with Crippen LogP contribution in [0.5, 0.6) is 0 Å². The molecule has 2 aromatic rings. The maximum atomic E-state index is 12.2. The van der Waals surface area contributed by atoms with Crippen LogP contribution in [-0.4, -0.2) is 22.7 Å². The summed E-state index contributed by atoms with van der Waals surface area (Å²) < 4.78 is 5.14. The van der Waals surface area contributed by atoms with E-state index in [0.29, 0.717) is 17.9 Å². The number of hydrogen-bond donors (Lipinski definition) is 2. The highest BCUT2D eigenvalue weighted by Crippen LogP contribution is 2.26. The molecule has 2 heterocycles. The lowest BCUT2D eigenvalue weighted by Crippen LogP contribution is -2.28. The monoisotopic (exact) mass is 373 g/mol. The topological polar surface area (TPSA) is 84.2 Å². The first-order valence-corrected chi connectivity index (χ1v) is 9.81. The lowest BCUT2D eigenvalue weighted by atomic mass is 9.98. The van der Waals surface area contributed by atoms with E-state index in [4.69, 9.17) is 4.52 Å². The molecule has 2 amide bonds. The quantitative estimate of drug-likeness (QED) is 0.812. The van der Waals surface area contributed by atoms with Crippen LogP contribution < -0.4 is 10.6 Å². The Balaban J connectivity index is 1.52. The maximum Gasteiger partial charge on any atom is 0.230 e. The van der Waals surface area contributed by atoms with Gasteiger partial charge in [-0.1, -0.05) is 17.3 Å². The van der Waals surface area contributed by atoms with Crippen LogP contribution in [0.15, 0.2) is 22.7 Å². The van der Waals surface area contributed by atoms with Crippen LogP contribution in [0.4, 0.5) is 5.69 Å². The molecule has 0 unspecified atom stereocenters. The Bertz CT molecular complexity index is 812. The lowest BCUT2D eigenvalue weighted by Gasteiger charge is -2.20. The normalized spacial score (nSPS) is 14.5. The van der Waals surface area contributed by atoms with Gasteiger partial charge in [0.2, 0.25) is 11.8 Å². The van der Waals surface area contributed by atoms with Crippen molar-refractivity contribution in [3.63, 3.8) is 0 Å². The van der Waals surface area contributed by atoms with Gasteiger partial charge in [0.25, 0.3) is 0 Å². The highest BCUT2D eigenvalue weighted by atomic mass is 32.2. The summed E-state index contributed by atoms with van der Waals surface area (Å²) in [5.74, 6) is 1.96. The Kier molecular flexibility index (Phi) is 5.66. The number of carbonyl (C=O) groups is 2. The number of benzene rings is 1. The number of thioether (sulfide) groups is 1. The average Bonchev–Trinajstić information content (AvgIpc) is 2.93. The summed E-state index contributed by atoms with van der Waals surface area (Å²) in [6.07, 6.45) is 1.25. The molecule has 0 bridgehead atoms. The van der Waals surface area contributed by atoms with Gasteiger partial charge in [-0.05, 0) is 44.4 Å². The molecule has 0 spiro atoms. The summed E-state index contributed by atoms with van der Waals surface area (Å²) in [6, 6.07) is 5.85. The van der Waals surface area contributed by atoms with Crippen LogP contribution in [0.1, 0.15) is 47.5 Å². The molecule has 26 heavy (non-hydrogen) atoms. The smallest absolute Gasteiger partial charge is 0.230 e. The van der Waals surface area contributed by atoms with E-state index < -0.39 is 0 Å². The number of nitrogens with zero attached hydrogens (tertiary/aromatic N) is 1. The Hall–Kier alpha value is -2.28. The summed E-state index contributed by atoms with van der Waals surface area (Å²) >= 11 is 1.55. The first kappa shape index (κ1) is 18.5. The predicted molar refractivity (Wildman–Crippen MR) is 102 cm³/mol. The van der Waals surface area contributed by atoms with Crippen LogP contribution in [0.25, 0.3) is 0 Å². The molecular weight excluding hydrogens is 350 g/mol. The van der Waals surface area contributed by atoms with Crippen LogP contribution in [0, 0.1) is 13.8 Å². The highest BCUT2D eigenvalue weighted by molar-refractivity contribution is 7.99. The molecule has 1 aliphatic rings. The fourth-order valence-corrected chi connectivity index (χ4v) is 3.98. The Morgan fingerprint density at radius 3 is 2.92 bits per heavy atom. The van der Waals surface area contributed by atoms with E-state index in [2.05, 4.69) is 21.9 Å². The van der Waals surface area contributed by atoms with Crippen molar-refractivity contribution in [3.05, 3.63) is 46.3 Å². The van der Waals surface area contributed by atoms with Crippen LogP contribution in [-0.2, 0) is 21.8 Å². The minimum absolute atomic E-state index is 0.000263. The van der Waals surface area contributed by atoms with Gasteiger partial charge in [0.05, 0.1) is 17.5 Å². The summed E-state index contributed by atoms with van der Waals surface area (Å²) in [7, 11) is 0. The summed E-state index contributed by atoms with van der Waals surface area (Å²) in [4.78, 5) is 23.7. The van der Waals surface area contributed by atoms with Crippen LogP contribution in [0.3, 0.4) is 0 Å². The van der Waals surface area contributed by atoms with Crippen LogP contribution >= 0.6 is 11.8 Å². The largest absolute Gasteiger partial charge is 0.361 e. The maximum absolute atomic E-state index is 12.2. The molecule has 1 atom stereocenters. The van der Waals surface area contributed by atoms with Gasteiger partial charge < -0.3 is 15.2 Å². The zero-order valence-electron chi connectivity index (χ0n) is 15.2. The lowest BCUT2D eigenvalue weighted by molar-refractivity contribution is -0.119. The minimum atomic E-state index is -0.0786. The van der Waals surface area contributed by atoms with Crippen molar-refractivity contribution in [2.45, 2.75) is 45.4 Å². The number of rotatable bonds is 6. The standard InChI is InChI=1S/C19H23N3O3S/c1-11(14-4-6-17-15(8-14)5-7-18(23)21-17)20-19(24)10-26-9-16-12(2)22-25-13(16)3/h4,6,8,11H,5,7,9-10H2,1-3H3,(H,20,24)(H,21,23)/t11-/m0/s1. The number of carbonyl (C=O) groups excluding carboxylic acids is 2. The molecule has 0 aliphatic carbocycles. The van der Waals surface area contributed by atoms with Crippen molar-refractivity contribution in [2.75, 3.05) is 11.1 Å². The van der Waals surface area contributed by atoms with E-state index in [-0.39, 0.29) is 17.9 Å². The molecular formula is C19H23N3O3S. The molecule has 7 heteroatoms. The molecule has 138 valence electrons. The molecule has 0 radical (unpaired) electrons. The Morgan fingerprint density at radius 1 is 1.38 bits per heavy atom. The molecule has 1 aromatic heterocycles. The van der Waals surface area contributed by atoms with E-state index in [1.54, 1.807) is 11.8 Å². The number of hydrogen-bond acceptors (Lipinski definition) is 5. The first-order chi connectivity index (χ1) is 12.4. The van der Waals surface area contributed by atoms with Gasteiger partial charge in [-0.3, -0.25) is 9.59 Å². The van der Waals surface area contributed by atoms with Gasteiger partial charge in [-0.15, -0.1) is 11.8 Å². The number of anilines is 1. The highest BCUT2D eigenvalue weighted by Gasteiger charge is 2.17. The minimum Gasteiger partial charge on any atom is -0.361 e. The SMILES string of the molecule is Cc1noc(C)c1CSCC(=O)N[C@@H](C)c1ccc2c(c1)CCC(=O)N2. The molecule has 0 fully saturated rings. The number of amides is 2. The van der Waals surface area contributed by atoms with Crippen molar-refractivity contribution in [3.8, 4) is 0 Å². The fourth-order valence-electron chi connectivity index (χ4n) is 2.99. The molecule has 1 aromatic carbocycles. The second kappa shape index (κ2) is 7.95. The van der Waals surface area contributed by atoms with E-state index >= 15 is 0 Å². The molecule has 0 saturated carbocycles. The van der Waals surface area contributed by atoms with E-state index in [1.807, 2.05) is 32.9 Å². The second-order valence-corrected chi connectivity index (χ2v) is 7.54. The number of aromatic nitrogens is 1. The molecule has 6 nitrogen and oxygen atoms in total. The number of nitrogens with one attached hydrogen (secondary N) is 2. The summed E-state index contributed by atoms with van der Waals surface area (Å²) in [6.45, 7) is 5.77. The zero-order valence-corrected chi connectivity index (χ0v) is 16.0. The molecule has 3 rings (SSSR count). The Morgan fingerprint density at radius 2 is 2.19 bits per heavy atom. The van der Waals surface area contributed by atoms with Crippen LogP contribution in [0.2, 0.25) is 0 Å². The van der Waals surface area contributed by atoms with Crippen molar-refractivity contribution in [1.29, 1.82) is 0 Å². The van der Waals surface area contributed by atoms with Crippen molar-refractivity contribution >= 4 is 29.3 Å². The van der Waals surface area contributed by atoms with Gasteiger partial charge in [-0.25, -0.2) is 0 Å². The third-order valence-corrected chi connectivity index (χ3v) is 5.52. The van der Waals surface area contributed by atoms with E-state index in [0.717, 1.165) is 40.3 Å². The summed E-state index contributed by atoms with van der Waals surface area (Å²) in [5.41, 5.74) is 4.98. The summed E-state index contributed by atoms with van der Waals surface area (Å²) in [5, 5.41) is 9.84. The molecule has 1 aliphatic heterocycles. The van der Waals surface area contributed by atoms with E-state index in [9.17, 15) is 9.59 Å². The van der Waals surface area contributed by atoms with Gasteiger partial charge in [0, 0.05) is 23.4 Å². The van der Waals surface area contributed by atoms with Gasteiger partial charge >= 0.3 is 0 Å².